The number of anilines is 1. The molecule has 2 aromatic carbocycles. The molecule has 1 saturated heterocycles. The molecule has 0 spiro atoms. The smallest absolute Gasteiger partial charge is 0.295 e. The topological polar surface area (TPSA) is 89.1 Å². The molecule has 1 fully saturated rings. The van der Waals surface area contributed by atoms with Crippen LogP contribution in [0.4, 0.5) is 14.8 Å². The van der Waals surface area contributed by atoms with Crippen molar-refractivity contribution in [2.45, 2.75) is 25.8 Å². The van der Waals surface area contributed by atoms with Crippen LogP contribution in [0.15, 0.2) is 47.1 Å². The monoisotopic (exact) mass is 486 g/mol. The van der Waals surface area contributed by atoms with Gasteiger partial charge in [-0.1, -0.05) is 18.5 Å². The van der Waals surface area contributed by atoms with Crippen molar-refractivity contribution in [3.63, 3.8) is 0 Å². The summed E-state index contributed by atoms with van der Waals surface area (Å²) in [5.74, 6) is -2.13. The summed E-state index contributed by atoms with van der Waals surface area (Å²) in [5.41, 5.74) is 0.482. The lowest BCUT2D eigenvalue weighted by atomic mass is 9.90. The predicted octanol–water partition coefficient (Wildman–Crippen LogP) is 4.69. The first-order chi connectivity index (χ1) is 16.4. The largest absolute Gasteiger partial charge is 0.424 e. The highest BCUT2D eigenvalue weighted by molar-refractivity contribution is 6.31. The highest BCUT2D eigenvalue weighted by Crippen LogP contribution is 2.29. The van der Waals surface area contributed by atoms with E-state index in [1.165, 1.54) is 12.4 Å². The number of nitrogens with one attached hydrogen (secondary N) is 1. The molecule has 0 unspecified atom stereocenters. The van der Waals surface area contributed by atoms with Gasteiger partial charge in [-0.3, -0.25) is 4.79 Å². The van der Waals surface area contributed by atoms with Crippen LogP contribution in [0.5, 0.6) is 0 Å². The Morgan fingerprint density at radius 3 is 2.76 bits per heavy atom. The first-order valence-electron chi connectivity index (χ1n) is 10.9. The summed E-state index contributed by atoms with van der Waals surface area (Å²) in [6.07, 6.45) is 4.30. The Balaban J connectivity index is 1.44. The fourth-order valence-electron chi connectivity index (χ4n) is 4.40. The number of benzene rings is 2. The van der Waals surface area contributed by atoms with E-state index >= 15 is 0 Å². The number of amides is 1. The summed E-state index contributed by atoms with van der Waals surface area (Å²) in [7, 11) is 0. The Morgan fingerprint density at radius 2 is 1.97 bits per heavy atom. The average molecular weight is 487 g/mol. The Bertz CT molecular complexity index is 1340. The number of fused-ring (bicyclic) bond motifs is 1. The van der Waals surface area contributed by atoms with Crippen molar-refractivity contribution in [3.05, 3.63) is 64.9 Å². The van der Waals surface area contributed by atoms with Gasteiger partial charge in [0, 0.05) is 18.1 Å². The van der Waals surface area contributed by atoms with Gasteiger partial charge in [0.25, 0.3) is 11.9 Å². The first-order valence-corrected chi connectivity index (χ1v) is 11.3. The Kier molecular flexibility index (Phi) is 5.91. The van der Waals surface area contributed by atoms with Crippen molar-refractivity contribution in [2.75, 3.05) is 18.4 Å². The minimum atomic E-state index is -0.834. The van der Waals surface area contributed by atoms with Gasteiger partial charge in [-0.25, -0.2) is 8.78 Å². The van der Waals surface area contributed by atoms with E-state index in [0.717, 1.165) is 29.8 Å². The van der Waals surface area contributed by atoms with E-state index in [0.29, 0.717) is 35.2 Å². The number of aromatic nitrogens is 4. The maximum Gasteiger partial charge on any atom is 0.295 e. The zero-order valence-electron chi connectivity index (χ0n) is 18.2. The van der Waals surface area contributed by atoms with Gasteiger partial charge in [0.15, 0.2) is 11.4 Å². The molecule has 176 valence electrons. The van der Waals surface area contributed by atoms with Crippen molar-refractivity contribution < 1.29 is 18.0 Å². The van der Waals surface area contributed by atoms with Gasteiger partial charge < -0.3 is 14.6 Å². The number of hydrogen-bond acceptors (Lipinski definition) is 6. The predicted molar refractivity (Wildman–Crippen MR) is 122 cm³/mol. The van der Waals surface area contributed by atoms with Crippen LogP contribution >= 0.6 is 11.6 Å². The number of likely N-dealkylation sites (tertiary alicyclic amines) is 1. The van der Waals surface area contributed by atoms with Gasteiger partial charge in [0.05, 0.1) is 18.4 Å². The molecule has 0 bridgehead atoms. The van der Waals surface area contributed by atoms with Crippen LogP contribution in [0.1, 0.15) is 30.1 Å². The summed E-state index contributed by atoms with van der Waals surface area (Å²) in [6, 6.07) is 7.03. The summed E-state index contributed by atoms with van der Waals surface area (Å²) in [6.45, 7) is 2.75. The van der Waals surface area contributed by atoms with E-state index < -0.39 is 23.1 Å². The lowest BCUT2D eigenvalue weighted by Gasteiger charge is -2.40. The number of halogens is 3. The van der Waals surface area contributed by atoms with Crippen molar-refractivity contribution in [1.82, 2.24) is 24.9 Å². The Hall–Kier alpha value is -3.53. The summed E-state index contributed by atoms with van der Waals surface area (Å²) in [4.78, 5) is 20.5. The molecule has 2 aromatic heterocycles. The van der Waals surface area contributed by atoms with Gasteiger partial charge in [-0.15, -0.1) is 4.80 Å². The molecule has 8 nitrogen and oxygen atoms in total. The normalized spacial score (nSPS) is 18.4. The van der Waals surface area contributed by atoms with Crippen LogP contribution in [0.3, 0.4) is 0 Å². The zero-order chi connectivity index (χ0) is 23.8. The molecule has 1 aliphatic heterocycles. The highest BCUT2D eigenvalue weighted by Gasteiger charge is 2.36. The number of oxazole rings is 1. The number of carbonyl (C=O) groups excluding carboxylic acids is 1. The molecular weight excluding hydrogens is 466 g/mol. The number of hydrogen-bond donors (Lipinski definition) is 1. The molecule has 34 heavy (non-hydrogen) atoms. The summed E-state index contributed by atoms with van der Waals surface area (Å²) >= 11 is 6.02. The van der Waals surface area contributed by atoms with Crippen LogP contribution in [-0.2, 0) is 0 Å². The van der Waals surface area contributed by atoms with Gasteiger partial charge in [-0.2, -0.15) is 15.2 Å². The van der Waals surface area contributed by atoms with Gasteiger partial charge in [0.2, 0.25) is 0 Å². The standard InChI is InChI=1S/C23H21ClF2N6O2/c1-13-3-2-10-31(18(13)12-27-23-30-17-11-14(24)4-7-19(17)34-23)22(33)20-15(25)5-6-16(26)21(20)32-28-8-9-29-32/h4-9,11,13,18H,2-3,10,12H2,1H3,(H,27,30)/t13-,18-/m1/s1. The third-order valence-electron chi connectivity index (χ3n) is 6.10. The third-order valence-corrected chi connectivity index (χ3v) is 6.33. The Labute approximate surface area is 198 Å². The van der Waals surface area contributed by atoms with Gasteiger partial charge in [-0.05, 0) is 49.1 Å². The number of nitrogens with zero attached hydrogens (tertiary/aromatic N) is 5. The second kappa shape index (κ2) is 9.02. The minimum absolute atomic E-state index is 0.104. The quantitative estimate of drug-likeness (QED) is 0.440. The second-order valence-electron chi connectivity index (χ2n) is 8.27. The van der Waals surface area contributed by atoms with E-state index in [4.69, 9.17) is 16.0 Å². The Morgan fingerprint density at radius 1 is 1.21 bits per heavy atom. The van der Waals surface area contributed by atoms with Crippen molar-refractivity contribution in [1.29, 1.82) is 0 Å². The molecular formula is C23H21ClF2N6O2. The zero-order valence-corrected chi connectivity index (χ0v) is 19.0. The van der Waals surface area contributed by atoms with Crippen LogP contribution in [-0.4, -0.2) is 49.9 Å². The average Bonchev–Trinajstić information content (AvgIpc) is 3.48. The SMILES string of the molecule is C[C@@H]1CCCN(C(=O)c2c(F)ccc(F)c2-n2nccn2)[C@@H]1CNc1nc2cc(Cl)ccc2o1. The molecule has 1 N–H and O–H groups in total. The molecule has 3 heterocycles. The molecule has 0 radical (unpaired) electrons. The molecule has 1 amide bonds. The van der Waals surface area contributed by atoms with Crippen LogP contribution in [0.2, 0.25) is 5.02 Å². The molecule has 11 heteroatoms. The lowest BCUT2D eigenvalue weighted by Crippen LogP contribution is -2.51. The first kappa shape index (κ1) is 22.3. The maximum absolute atomic E-state index is 14.9. The maximum atomic E-state index is 14.9. The van der Waals surface area contributed by atoms with Crippen LogP contribution in [0.25, 0.3) is 16.8 Å². The third kappa shape index (κ3) is 4.09. The lowest BCUT2D eigenvalue weighted by molar-refractivity contribution is 0.0533. The number of rotatable bonds is 5. The van der Waals surface area contributed by atoms with Crippen LogP contribution < -0.4 is 5.32 Å². The molecule has 4 aromatic rings. The fourth-order valence-corrected chi connectivity index (χ4v) is 4.56. The van der Waals surface area contributed by atoms with E-state index in [2.05, 4.69) is 20.5 Å². The highest BCUT2D eigenvalue weighted by atomic mass is 35.5. The molecule has 5 rings (SSSR count). The fraction of sp³-hybridized carbons (Fsp3) is 0.304. The van der Waals surface area contributed by atoms with Gasteiger partial charge >= 0.3 is 0 Å². The van der Waals surface area contributed by atoms with E-state index in [1.54, 1.807) is 23.1 Å². The van der Waals surface area contributed by atoms with Gasteiger partial charge in [0.1, 0.15) is 22.6 Å². The molecule has 0 aliphatic carbocycles. The second-order valence-corrected chi connectivity index (χ2v) is 8.71. The van der Waals surface area contributed by atoms with Crippen molar-refractivity contribution in [2.24, 2.45) is 5.92 Å². The summed E-state index contributed by atoms with van der Waals surface area (Å²) in [5, 5.41) is 11.5. The number of carbonyl (C=O) groups is 1. The molecule has 0 saturated carbocycles. The van der Waals surface area contributed by atoms with E-state index in [9.17, 15) is 13.6 Å². The van der Waals surface area contributed by atoms with E-state index in [-0.39, 0.29) is 17.6 Å². The minimum Gasteiger partial charge on any atom is -0.424 e. The summed E-state index contributed by atoms with van der Waals surface area (Å²) < 4.78 is 35.4. The van der Waals surface area contributed by atoms with E-state index in [1.807, 2.05) is 6.92 Å². The van der Waals surface area contributed by atoms with Crippen molar-refractivity contribution in [3.8, 4) is 5.69 Å². The van der Waals surface area contributed by atoms with Crippen molar-refractivity contribution >= 4 is 34.6 Å². The number of piperidine rings is 1. The molecule has 2 atom stereocenters. The van der Waals surface area contributed by atoms with Crippen LogP contribution in [0, 0.1) is 17.6 Å². The molecule has 1 aliphatic rings.